The Kier molecular flexibility index (Phi) is 20.9. The van der Waals surface area contributed by atoms with Crippen molar-refractivity contribution in [2.75, 3.05) is 97.4 Å². The summed E-state index contributed by atoms with van der Waals surface area (Å²) in [6.07, 6.45) is 5.38. The fourth-order valence-corrected chi connectivity index (χ4v) is 3.22. The fourth-order valence-electron chi connectivity index (χ4n) is 2.06. The lowest BCUT2D eigenvalue weighted by atomic mass is 10.3. The largest absolute Gasteiger partial charge is 0.379 e. The number of rotatable bonds is 22. The normalized spacial score (nSPS) is 11.8. The summed E-state index contributed by atoms with van der Waals surface area (Å²) >= 11 is 0. The SMILES string of the molecule is CS(C)(Cl)CCCC(=O)NCCOCCOCCOCCOCCOCCN=[N+]=[N-]. The molecule has 0 saturated carbocycles. The molecule has 178 valence electrons. The molecular weight excluding hydrogens is 436 g/mol. The summed E-state index contributed by atoms with van der Waals surface area (Å²) in [6, 6.07) is 0. The molecule has 0 atom stereocenters. The van der Waals surface area contributed by atoms with Crippen molar-refractivity contribution in [1.29, 1.82) is 0 Å². The van der Waals surface area contributed by atoms with Crippen LogP contribution in [0.2, 0.25) is 0 Å². The number of amides is 1. The Balaban J connectivity index is 3.16. The third-order valence-corrected chi connectivity index (χ3v) is 5.21. The van der Waals surface area contributed by atoms with Gasteiger partial charge in [-0.2, -0.15) is 9.24 Å². The van der Waals surface area contributed by atoms with Crippen molar-refractivity contribution in [2.45, 2.75) is 12.8 Å². The molecule has 0 aromatic carbocycles. The van der Waals surface area contributed by atoms with Gasteiger partial charge in [-0.15, -0.1) is 0 Å². The van der Waals surface area contributed by atoms with Crippen molar-refractivity contribution >= 4 is 25.8 Å². The number of hydrogen-bond acceptors (Lipinski definition) is 7. The van der Waals surface area contributed by atoms with Gasteiger partial charge >= 0.3 is 0 Å². The van der Waals surface area contributed by atoms with Gasteiger partial charge in [0.1, 0.15) is 0 Å². The summed E-state index contributed by atoms with van der Waals surface area (Å²) < 4.78 is 26.7. The lowest BCUT2D eigenvalue weighted by Crippen LogP contribution is -2.27. The molecule has 30 heavy (non-hydrogen) atoms. The first-order chi connectivity index (χ1) is 14.5. The van der Waals surface area contributed by atoms with Crippen molar-refractivity contribution in [2.24, 2.45) is 5.11 Å². The second-order valence-electron chi connectivity index (χ2n) is 6.58. The summed E-state index contributed by atoms with van der Waals surface area (Å²) in [5.74, 6) is 0.928. The van der Waals surface area contributed by atoms with E-state index in [2.05, 4.69) is 15.3 Å². The highest BCUT2D eigenvalue weighted by molar-refractivity contribution is 8.50. The van der Waals surface area contributed by atoms with Gasteiger partial charge in [-0.25, -0.2) is 0 Å². The molecule has 0 aliphatic heterocycles. The second kappa shape index (κ2) is 21.5. The zero-order valence-electron chi connectivity index (χ0n) is 18.2. The molecule has 0 aliphatic carbocycles. The highest BCUT2D eigenvalue weighted by Crippen LogP contribution is 2.45. The molecular formula is C18H37ClN4O6S. The molecule has 0 heterocycles. The van der Waals surface area contributed by atoms with Gasteiger partial charge in [-0.1, -0.05) is 15.8 Å². The number of hydrogen-bond donors (Lipinski definition) is 1. The average Bonchev–Trinajstić information content (AvgIpc) is 2.68. The molecule has 0 rings (SSSR count). The predicted molar refractivity (Wildman–Crippen MR) is 121 cm³/mol. The Hall–Kier alpha value is -0.780. The number of halogens is 1. The molecule has 0 fully saturated rings. The summed E-state index contributed by atoms with van der Waals surface area (Å²) in [6.45, 7) is 5.52. The van der Waals surface area contributed by atoms with Crippen molar-refractivity contribution in [3.8, 4) is 0 Å². The van der Waals surface area contributed by atoms with Crippen molar-refractivity contribution in [1.82, 2.24) is 5.32 Å². The maximum absolute atomic E-state index is 11.6. The Labute approximate surface area is 185 Å². The standard InChI is InChI=1S/C18H37ClN4O6S/c1-30(2,19)17-3-4-18(24)21-5-7-25-9-11-27-13-15-29-16-14-28-12-10-26-8-6-22-23-20/h3-17H2,1-2H3,(H,21,24). The first-order valence-electron chi connectivity index (χ1n) is 10.0. The molecule has 10 nitrogen and oxygen atoms in total. The van der Waals surface area contributed by atoms with Crippen LogP contribution < -0.4 is 5.32 Å². The smallest absolute Gasteiger partial charge is 0.220 e. The van der Waals surface area contributed by atoms with Gasteiger partial charge in [0.15, 0.2) is 0 Å². The maximum atomic E-state index is 11.6. The van der Waals surface area contributed by atoms with Crippen LogP contribution in [0.3, 0.4) is 0 Å². The number of carbonyl (C=O) groups is 1. The number of nitrogens with one attached hydrogen (secondary N) is 1. The highest BCUT2D eigenvalue weighted by Gasteiger charge is 2.08. The predicted octanol–water partition coefficient (Wildman–Crippen LogP) is 2.49. The highest BCUT2D eigenvalue weighted by atomic mass is 35.7. The Bertz CT molecular complexity index is 464. The van der Waals surface area contributed by atoms with Crippen LogP contribution in [-0.4, -0.2) is 103 Å². The van der Waals surface area contributed by atoms with E-state index in [0.717, 1.165) is 12.2 Å². The molecule has 1 N–H and O–H groups in total. The van der Waals surface area contributed by atoms with Crippen LogP contribution in [0.5, 0.6) is 0 Å². The molecule has 0 unspecified atom stereocenters. The number of azide groups is 1. The molecule has 12 heteroatoms. The molecule has 0 saturated heterocycles. The lowest BCUT2D eigenvalue weighted by Gasteiger charge is -2.20. The van der Waals surface area contributed by atoms with E-state index in [1.165, 1.54) is 0 Å². The van der Waals surface area contributed by atoms with Crippen LogP contribution in [0.1, 0.15) is 12.8 Å². The van der Waals surface area contributed by atoms with E-state index in [1.807, 2.05) is 12.5 Å². The van der Waals surface area contributed by atoms with E-state index < -0.39 is 9.24 Å². The second-order valence-corrected chi connectivity index (χ2v) is 12.3. The number of ether oxygens (including phenoxy) is 5. The zero-order chi connectivity index (χ0) is 22.3. The number of carbonyl (C=O) groups excluding carboxylic acids is 1. The van der Waals surface area contributed by atoms with E-state index in [0.29, 0.717) is 85.6 Å². The fraction of sp³-hybridized carbons (Fsp3) is 0.944. The minimum Gasteiger partial charge on any atom is -0.379 e. The van der Waals surface area contributed by atoms with Crippen LogP contribution in [-0.2, 0) is 28.5 Å². The van der Waals surface area contributed by atoms with Gasteiger partial charge in [0.25, 0.3) is 0 Å². The van der Waals surface area contributed by atoms with E-state index in [9.17, 15) is 4.79 Å². The van der Waals surface area contributed by atoms with Crippen LogP contribution in [0.15, 0.2) is 5.11 Å². The van der Waals surface area contributed by atoms with Gasteiger partial charge in [-0.3, -0.25) is 4.79 Å². The molecule has 0 aliphatic rings. The third kappa shape index (κ3) is 25.3. The van der Waals surface area contributed by atoms with E-state index in [-0.39, 0.29) is 5.91 Å². The average molecular weight is 473 g/mol. The lowest BCUT2D eigenvalue weighted by molar-refractivity contribution is -0.121. The Morgan fingerprint density at radius 1 is 0.900 bits per heavy atom. The van der Waals surface area contributed by atoms with Crippen LogP contribution in [0, 0.1) is 0 Å². The van der Waals surface area contributed by atoms with E-state index in [1.54, 1.807) is 0 Å². The first-order valence-corrected chi connectivity index (χ1v) is 13.5. The molecule has 0 spiro atoms. The van der Waals surface area contributed by atoms with Crippen LogP contribution in [0.4, 0.5) is 0 Å². The van der Waals surface area contributed by atoms with Crippen molar-refractivity contribution in [3.63, 3.8) is 0 Å². The third-order valence-electron chi connectivity index (χ3n) is 3.49. The summed E-state index contributed by atoms with van der Waals surface area (Å²) in [7, 11) is 5.12. The van der Waals surface area contributed by atoms with Crippen LogP contribution in [0.25, 0.3) is 10.4 Å². The topological polar surface area (TPSA) is 124 Å². The van der Waals surface area contributed by atoms with Crippen molar-refractivity contribution in [3.05, 3.63) is 10.4 Å². The minimum atomic E-state index is -1.05. The quantitative estimate of drug-likeness (QED) is 0.112. The van der Waals surface area contributed by atoms with Gasteiger partial charge in [-0.05, 0) is 30.2 Å². The van der Waals surface area contributed by atoms with Crippen LogP contribution >= 0.6 is 19.9 Å². The summed E-state index contributed by atoms with van der Waals surface area (Å²) in [4.78, 5) is 14.3. The molecule has 0 aromatic heterocycles. The van der Waals surface area contributed by atoms with Crippen molar-refractivity contribution < 1.29 is 28.5 Å². The maximum Gasteiger partial charge on any atom is 0.220 e. The number of nitrogens with zero attached hydrogens (tertiary/aromatic N) is 3. The molecule has 1 amide bonds. The van der Waals surface area contributed by atoms with Gasteiger partial charge in [0.2, 0.25) is 5.91 Å². The van der Waals surface area contributed by atoms with Gasteiger partial charge in [0.05, 0.1) is 66.1 Å². The van der Waals surface area contributed by atoms with Gasteiger partial charge < -0.3 is 29.0 Å². The van der Waals surface area contributed by atoms with Gasteiger partial charge in [0, 0.05) is 24.4 Å². The van der Waals surface area contributed by atoms with E-state index >= 15 is 0 Å². The first kappa shape index (κ1) is 29.2. The Morgan fingerprint density at radius 3 is 1.83 bits per heavy atom. The Morgan fingerprint density at radius 2 is 1.37 bits per heavy atom. The summed E-state index contributed by atoms with van der Waals surface area (Å²) in [5, 5.41) is 6.19. The molecule has 0 bridgehead atoms. The molecule has 0 aromatic rings. The minimum absolute atomic E-state index is 0.0362. The zero-order valence-corrected chi connectivity index (χ0v) is 19.8. The summed E-state index contributed by atoms with van der Waals surface area (Å²) in [5.41, 5.74) is 8.09. The van der Waals surface area contributed by atoms with E-state index in [4.69, 9.17) is 39.9 Å². The molecule has 0 radical (unpaired) electrons. The monoisotopic (exact) mass is 472 g/mol.